The number of hydrogen-bond acceptors (Lipinski definition) is 6. The van der Waals surface area contributed by atoms with Gasteiger partial charge in [-0.3, -0.25) is 0 Å². The van der Waals surface area contributed by atoms with Gasteiger partial charge < -0.3 is 16.0 Å². The van der Waals surface area contributed by atoms with Crippen molar-refractivity contribution < 1.29 is 0 Å². The Kier molecular flexibility index (Phi) is 4.34. The summed E-state index contributed by atoms with van der Waals surface area (Å²) in [6.45, 7) is 2.09. The van der Waals surface area contributed by atoms with Gasteiger partial charge in [0.2, 0.25) is 17.8 Å². The first-order chi connectivity index (χ1) is 9.54. The first-order valence-electron chi connectivity index (χ1n) is 6.54. The smallest absolute Gasteiger partial charge is 0.231 e. The van der Waals surface area contributed by atoms with Crippen molar-refractivity contribution in [3.8, 4) is 0 Å². The minimum Gasteiger partial charge on any atom is -0.368 e. The lowest BCUT2D eigenvalue weighted by molar-refractivity contribution is 0.774. The van der Waals surface area contributed by atoms with Gasteiger partial charge in [0.1, 0.15) is 0 Å². The van der Waals surface area contributed by atoms with Crippen molar-refractivity contribution in [3.05, 3.63) is 35.9 Å². The molecule has 0 aliphatic heterocycles. The molecule has 0 bridgehead atoms. The standard InChI is InChI=1S/C14H20N6/c1-10(9-11-7-5-4-6-8-11)16-13-17-12(15)18-14(19-13)20(2)3/h4-8,10H,9H2,1-3H3,(H3,15,16,17,18,19). The Morgan fingerprint density at radius 2 is 1.85 bits per heavy atom. The number of anilines is 3. The Morgan fingerprint density at radius 3 is 2.50 bits per heavy atom. The third-order valence-corrected chi connectivity index (χ3v) is 2.80. The van der Waals surface area contributed by atoms with Crippen molar-refractivity contribution in [1.29, 1.82) is 0 Å². The summed E-state index contributed by atoms with van der Waals surface area (Å²) in [6, 6.07) is 10.5. The summed E-state index contributed by atoms with van der Waals surface area (Å²) in [5.74, 6) is 1.27. The molecule has 1 heterocycles. The molecule has 0 saturated carbocycles. The zero-order valence-electron chi connectivity index (χ0n) is 12.0. The highest BCUT2D eigenvalue weighted by molar-refractivity contribution is 5.41. The van der Waals surface area contributed by atoms with Gasteiger partial charge in [-0.05, 0) is 18.9 Å². The summed E-state index contributed by atoms with van der Waals surface area (Å²) in [4.78, 5) is 14.3. The number of nitrogens with two attached hydrogens (primary N) is 1. The van der Waals surface area contributed by atoms with Crippen LogP contribution in [0.2, 0.25) is 0 Å². The molecule has 6 heteroatoms. The lowest BCUT2D eigenvalue weighted by atomic mass is 10.1. The summed E-state index contributed by atoms with van der Waals surface area (Å²) >= 11 is 0. The molecule has 0 saturated heterocycles. The van der Waals surface area contributed by atoms with Gasteiger partial charge in [0.25, 0.3) is 0 Å². The SMILES string of the molecule is CC(Cc1ccccc1)Nc1nc(N)nc(N(C)C)n1. The molecular formula is C14H20N6. The van der Waals surface area contributed by atoms with E-state index in [9.17, 15) is 0 Å². The van der Waals surface area contributed by atoms with Crippen molar-refractivity contribution in [2.75, 3.05) is 30.0 Å². The fourth-order valence-corrected chi connectivity index (χ4v) is 1.88. The Labute approximate surface area is 119 Å². The summed E-state index contributed by atoms with van der Waals surface area (Å²) in [5.41, 5.74) is 6.96. The summed E-state index contributed by atoms with van der Waals surface area (Å²) in [6.07, 6.45) is 0.893. The average molecular weight is 272 g/mol. The van der Waals surface area contributed by atoms with E-state index in [0.29, 0.717) is 11.9 Å². The molecule has 2 aromatic rings. The van der Waals surface area contributed by atoms with Crippen LogP contribution in [0.4, 0.5) is 17.8 Å². The van der Waals surface area contributed by atoms with E-state index in [4.69, 9.17) is 5.73 Å². The van der Waals surface area contributed by atoms with Gasteiger partial charge in [0.05, 0.1) is 0 Å². The monoisotopic (exact) mass is 272 g/mol. The summed E-state index contributed by atoms with van der Waals surface area (Å²) in [5, 5.41) is 3.26. The summed E-state index contributed by atoms with van der Waals surface area (Å²) in [7, 11) is 3.73. The van der Waals surface area contributed by atoms with Crippen molar-refractivity contribution in [2.24, 2.45) is 0 Å². The Balaban J connectivity index is 2.06. The highest BCUT2D eigenvalue weighted by atomic mass is 15.3. The minimum absolute atomic E-state index is 0.203. The average Bonchev–Trinajstić information content (AvgIpc) is 2.38. The number of nitrogens with one attached hydrogen (secondary N) is 1. The molecular weight excluding hydrogens is 252 g/mol. The van der Waals surface area contributed by atoms with Crippen LogP contribution in [0.3, 0.4) is 0 Å². The predicted octanol–water partition coefficient (Wildman–Crippen LogP) is 1.56. The van der Waals surface area contributed by atoms with E-state index in [1.807, 2.05) is 32.3 Å². The summed E-state index contributed by atoms with van der Waals surface area (Å²) < 4.78 is 0. The Bertz CT molecular complexity index is 555. The molecule has 1 unspecified atom stereocenters. The van der Waals surface area contributed by atoms with Gasteiger partial charge in [0.15, 0.2) is 0 Å². The topological polar surface area (TPSA) is 80.0 Å². The van der Waals surface area contributed by atoms with Crippen LogP contribution in [0.5, 0.6) is 0 Å². The largest absolute Gasteiger partial charge is 0.368 e. The molecule has 20 heavy (non-hydrogen) atoms. The number of rotatable bonds is 5. The fourth-order valence-electron chi connectivity index (χ4n) is 1.88. The van der Waals surface area contributed by atoms with Crippen LogP contribution < -0.4 is 16.0 Å². The number of nitrogen functional groups attached to an aromatic ring is 1. The van der Waals surface area contributed by atoms with Crippen LogP contribution in [0.1, 0.15) is 12.5 Å². The molecule has 1 aromatic heterocycles. The van der Waals surface area contributed by atoms with Crippen LogP contribution in [0, 0.1) is 0 Å². The van der Waals surface area contributed by atoms with Crippen molar-refractivity contribution in [3.63, 3.8) is 0 Å². The van der Waals surface area contributed by atoms with E-state index < -0.39 is 0 Å². The highest BCUT2D eigenvalue weighted by Gasteiger charge is 2.09. The number of benzene rings is 1. The second kappa shape index (κ2) is 6.18. The molecule has 106 valence electrons. The van der Waals surface area contributed by atoms with E-state index in [0.717, 1.165) is 6.42 Å². The molecule has 0 fully saturated rings. The van der Waals surface area contributed by atoms with Crippen molar-refractivity contribution >= 4 is 17.8 Å². The molecule has 0 spiro atoms. The zero-order valence-corrected chi connectivity index (χ0v) is 12.0. The van der Waals surface area contributed by atoms with Crippen LogP contribution in [0.25, 0.3) is 0 Å². The Hall–Kier alpha value is -2.37. The van der Waals surface area contributed by atoms with E-state index >= 15 is 0 Å². The van der Waals surface area contributed by atoms with Crippen LogP contribution in [-0.4, -0.2) is 35.1 Å². The van der Waals surface area contributed by atoms with Gasteiger partial charge in [-0.2, -0.15) is 15.0 Å². The van der Waals surface area contributed by atoms with Gasteiger partial charge in [-0.25, -0.2) is 0 Å². The van der Waals surface area contributed by atoms with E-state index in [2.05, 4.69) is 39.3 Å². The fraction of sp³-hybridized carbons (Fsp3) is 0.357. The zero-order chi connectivity index (χ0) is 14.5. The van der Waals surface area contributed by atoms with Crippen LogP contribution >= 0.6 is 0 Å². The number of aromatic nitrogens is 3. The van der Waals surface area contributed by atoms with Crippen LogP contribution in [-0.2, 0) is 6.42 Å². The molecule has 2 rings (SSSR count). The highest BCUT2D eigenvalue weighted by Crippen LogP contribution is 2.11. The quantitative estimate of drug-likeness (QED) is 0.860. The maximum absolute atomic E-state index is 5.70. The molecule has 0 radical (unpaired) electrons. The maximum Gasteiger partial charge on any atom is 0.231 e. The molecule has 3 N–H and O–H groups in total. The first-order valence-corrected chi connectivity index (χ1v) is 6.54. The predicted molar refractivity (Wildman–Crippen MR) is 81.8 cm³/mol. The van der Waals surface area contributed by atoms with E-state index in [-0.39, 0.29) is 12.0 Å². The number of hydrogen-bond donors (Lipinski definition) is 2. The Morgan fingerprint density at radius 1 is 1.15 bits per heavy atom. The second-order valence-electron chi connectivity index (χ2n) is 4.95. The molecule has 0 aliphatic carbocycles. The maximum atomic E-state index is 5.70. The van der Waals surface area contributed by atoms with Gasteiger partial charge in [0, 0.05) is 20.1 Å². The van der Waals surface area contributed by atoms with Crippen molar-refractivity contribution in [2.45, 2.75) is 19.4 Å². The van der Waals surface area contributed by atoms with Gasteiger partial charge >= 0.3 is 0 Å². The molecule has 0 aliphatic rings. The normalized spacial score (nSPS) is 11.9. The second-order valence-corrected chi connectivity index (χ2v) is 4.95. The van der Waals surface area contributed by atoms with Crippen LogP contribution in [0.15, 0.2) is 30.3 Å². The number of nitrogens with zero attached hydrogens (tertiary/aromatic N) is 4. The third-order valence-electron chi connectivity index (χ3n) is 2.80. The van der Waals surface area contributed by atoms with E-state index in [1.165, 1.54) is 5.56 Å². The molecule has 6 nitrogen and oxygen atoms in total. The van der Waals surface area contributed by atoms with Gasteiger partial charge in [-0.1, -0.05) is 30.3 Å². The first kappa shape index (κ1) is 14.0. The van der Waals surface area contributed by atoms with Gasteiger partial charge in [-0.15, -0.1) is 0 Å². The molecule has 0 amide bonds. The lowest BCUT2D eigenvalue weighted by Crippen LogP contribution is -2.22. The molecule has 1 atom stereocenters. The van der Waals surface area contributed by atoms with Crippen molar-refractivity contribution in [1.82, 2.24) is 15.0 Å². The lowest BCUT2D eigenvalue weighted by Gasteiger charge is -2.16. The third kappa shape index (κ3) is 3.81. The molecule has 1 aromatic carbocycles. The van der Waals surface area contributed by atoms with E-state index in [1.54, 1.807) is 4.90 Å². The minimum atomic E-state index is 0.203.